The van der Waals surface area contributed by atoms with Crippen molar-refractivity contribution in [3.63, 3.8) is 0 Å². The van der Waals surface area contributed by atoms with Gasteiger partial charge in [-0.1, -0.05) is 0 Å². The van der Waals surface area contributed by atoms with Gasteiger partial charge < -0.3 is 0 Å². The first-order chi connectivity index (χ1) is 15.9. The number of H-pyrrole nitrogens is 2. The molecule has 0 saturated heterocycles. The van der Waals surface area contributed by atoms with Crippen LogP contribution in [0.2, 0.25) is 0 Å². The quantitative estimate of drug-likeness (QED) is 0.0503. The summed E-state index contributed by atoms with van der Waals surface area (Å²) in [6, 6.07) is 6.73. The second kappa shape index (κ2) is 11.8. The van der Waals surface area contributed by atoms with Crippen LogP contribution in [0.4, 0.5) is 0 Å². The summed E-state index contributed by atoms with van der Waals surface area (Å²) >= 11 is -0.209. The Hall–Kier alpha value is -3.38. The van der Waals surface area contributed by atoms with E-state index in [-0.39, 0.29) is 99.5 Å². The van der Waals surface area contributed by atoms with Crippen molar-refractivity contribution in [3.05, 3.63) is 55.4 Å². The van der Waals surface area contributed by atoms with Gasteiger partial charge in [0.25, 0.3) is 0 Å². The molecule has 4 rings (SSSR count). The molecule has 0 saturated carbocycles. The van der Waals surface area contributed by atoms with Gasteiger partial charge in [0.2, 0.25) is 0 Å². The number of nitrogens with one attached hydrogen (secondary N) is 2. The third-order valence-electron chi connectivity index (χ3n) is 4.95. The monoisotopic (exact) mass is 586 g/mol. The Bertz CT molecular complexity index is 1540. The summed E-state index contributed by atoms with van der Waals surface area (Å²) in [7, 11) is 0. The fraction of sp³-hybridized carbons (Fsp3) is 0.200. The average Bonchev–Trinajstić information content (AvgIpc) is 3.27. The van der Waals surface area contributed by atoms with Gasteiger partial charge in [-0.3, -0.25) is 0 Å². The molecule has 0 atom stereocenters. The molecule has 0 spiro atoms. The average molecular weight is 586 g/mol. The molecular weight excluding hydrogens is 562 g/mol. The molecule has 3 aromatic carbocycles. The Balaban J connectivity index is 0.00000216. The third-order valence-corrected chi connectivity index (χ3v) is 6.24. The van der Waals surface area contributed by atoms with E-state index in [1.807, 2.05) is 0 Å². The van der Waals surface area contributed by atoms with Gasteiger partial charge in [-0.2, -0.15) is 0 Å². The molecule has 186 valence electrons. The molecule has 0 unspecified atom stereocenters. The second-order valence-corrected chi connectivity index (χ2v) is 8.37. The summed E-state index contributed by atoms with van der Waals surface area (Å²) in [6.07, 6.45) is 0. The van der Waals surface area contributed by atoms with Crippen LogP contribution in [0, 0.1) is 0 Å². The number of nitrogens with zero attached hydrogens (tertiary/aromatic N) is 4. The number of nitrogens with two attached hydrogens (primary N) is 4. The molecule has 0 fully saturated rings. The molecule has 1 heterocycles. The molecule has 0 amide bonds. The van der Waals surface area contributed by atoms with E-state index < -0.39 is 0 Å². The minimum absolute atomic E-state index is 0. The topological polar surface area (TPSA) is 219 Å². The predicted octanol–water partition coefficient (Wildman–Crippen LogP) is -1.79. The second-order valence-electron chi connectivity index (χ2n) is 7.08. The number of fused-ring (bicyclic) bond motifs is 3. The molecule has 0 aliphatic heterocycles. The maximum absolute atomic E-state index is 13.6. The van der Waals surface area contributed by atoms with Gasteiger partial charge in [0.15, 0.2) is 0 Å². The van der Waals surface area contributed by atoms with Crippen molar-refractivity contribution in [2.45, 2.75) is 0 Å². The number of guanidine groups is 2. The van der Waals surface area contributed by atoms with Crippen molar-refractivity contribution in [1.29, 1.82) is 0 Å². The van der Waals surface area contributed by atoms with Crippen LogP contribution in [-0.2, 0) is 0 Å². The van der Waals surface area contributed by atoms with Gasteiger partial charge in [-0.05, 0) is 0 Å². The van der Waals surface area contributed by atoms with E-state index in [2.05, 4.69) is 27.9 Å². The van der Waals surface area contributed by atoms with Crippen molar-refractivity contribution in [2.75, 3.05) is 26.2 Å². The summed E-state index contributed by atoms with van der Waals surface area (Å²) in [6.45, 7) is 0.951. The number of aliphatic imine (C=N–C) groups is 2. The van der Waals surface area contributed by atoms with Gasteiger partial charge >= 0.3 is 192 Å². The molecular formula is C20H24Cl2N10O2Se. The molecule has 35 heavy (non-hydrogen) atoms. The predicted molar refractivity (Wildman–Crippen MR) is 145 cm³/mol. The number of rotatable bonds is 6. The van der Waals surface area contributed by atoms with Crippen LogP contribution >= 0.6 is 24.8 Å². The van der Waals surface area contributed by atoms with Crippen LogP contribution in [0.1, 0.15) is 0 Å². The van der Waals surface area contributed by atoms with Crippen LogP contribution in [0.25, 0.3) is 32.6 Å². The Kier molecular flexibility index (Phi) is 9.43. The van der Waals surface area contributed by atoms with Crippen LogP contribution in [0.15, 0.2) is 53.8 Å². The minimum atomic E-state index is -0.287. The molecule has 4 aromatic rings. The Labute approximate surface area is 216 Å². The maximum atomic E-state index is 13.6. The van der Waals surface area contributed by atoms with Crippen LogP contribution < -0.4 is 44.5 Å². The van der Waals surface area contributed by atoms with Crippen molar-refractivity contribution in [2.24, 2.45) is 42.9 Å². The van der Waals surface area contributed by atoms with Gasteiger partial charge in [-0.25, -0.2) is 0 Å². The normalized spacial score (nSPS) is 11.9. The van der Waals surface area contributed by atoms with Crippen molar-refractivity contribution in [1.82, 2.24) is 7.96 Å². The molecule has 0 aliphatic rings. The number of halogens is 2. The van der Waals surface area contributed by atoms with E-state index in [9.17, 15) is 9.59 Å². The number of aromatic nitrogens is 2. The van der Waals surface area contributed by atoms with E-state index in [1.54, 1.807) is 24.3 Å². The van der Waals surface area contributed by atoms with Gasteiger partial charge in [0.05, 0.1) is 0 Å². The Morgan fingerprint density at radius 2 is 1.11 bits per heavy atom. The fourth-order valence-electron chi connectivity index (χ4n) is 3.64. The molecule has 0 bridgehead atoms. The zero-order valence-corrected chi connectivity index (χ0v) is 21.6. The van der Waals surface area contributed by atoms with E-state index in [4.69, 9.17) is 22.9 Å². The van der Waals surface area contributed by atoms with Gasteiger partial charge in [-0.15, -0.1) is 24.8 Å². The van der Waals surface area contributed by atoms with Gasteiger partial charge in [0.1, 0.15) is 0 Å². The fourth-order valence-corrected chi connectivity index (χ4v) is 5.01. The molecule has 1 aromatic heterocycles. The zero-order valence-electron chi connectivity index (χ0n) is 18.3. The SMILES string of the molecule is Cl.Cl.NC(N)=NCCN=c1c2[nH][se][nH]c2c(=NCCN=C(N)N)c2c(=O)c3ccccc3c(=O)c12. The van der Waals surface area contributed by atoms with E-state index in [0.717, 1.165) is 0 Å². The number of hydrogen-bond donors (Lipinski definition) is 6. The molecule has 0 radical (unpaired) electrons. The molecule has 10 N–H and O–H groups in total. The number of hydrogen-bond acceptors (Lipinski definition) is 6. The standard InChI is InChI=1S/C20H22N10O2Se.2ClH/c21-19(22)27-7-5-25-13-11-12(18(32)10-4-2-1-3-9(10)17(11)31)14(16-15(13)29-33-30-16)26-6-8-28-20(23)24;;/h1-4,29-30H,5-8H2,(H4,21,22,27)(H4,23,24,28);2*1H. The summed E-state index contributed by atoms with van der Waals surface area (Å²) in [4.78, 5) is 44.2. The van der Waals surface area contributed by atoms with Crippen molar-refractivity contribution in [3.8, 4) is 0 Å². The van der Waals surface area contributed by atoms with Crippen LogP contribution in [0.3, 0.4) is 0 Å². The van der Waals surface area contributed by atoms with E-state index in [0.29, 0.717) is 32.5 Å². The number of benzene rings is 3. The summed E-state index contributed by atoms with van der Waals surface area (Å²) < 4.78 is 6.52. The molecule has 12 nitrogen and oxygen atoms in total. The zero-order chi connectivity index (χ0) is 23.5. The molecule has 15 heteroatoms. The van der Waals surface area contributed by atoms with E-state index in [1.165, 1.54) is 0 Å². The first kappa shape index (κ1) is 27.9. The van der Waals surface area contributed by atoms with Crippen molar-refractivity contribution >= 4 is 84.3 Å². The Morgan fingerprint density at radius 3 is 1.49 bits per heavy atom. The summed E-state index contributed by atoms with van der Waals surface area (Å²) in [5, 5.41) is 1.89. The first-order valence-corrected chi connectivity index (χ1v) is 11.7. The van der Waals surface area contributed by atoms with E-state index >= 15 is 0 Å². The van der Waals surface area contributed by atoms with Crippen LogP contribution in [0.5, 0.6) is 0 Å². The molecule has 0 aliphatic carbocycles. The summed E-state index contributed by atoms with van der Waals surface area (Å²) in [5.41, 5.74) is 22.2. The third kappa shape index (κ3) is 5.49. The Morgan fingerprint density at radius 1 is 0.714 bits per heavy atom. The van der Waals surface area contributed by atoms with Crippen molar-refractivity contribution < 1.29 is 0 Å². The first-order valence-electron chi connectivity index (χ1n) is 9.96. The van der Waals surface area contributed by atoms with Gasteiger partial charge in [0, 0.05) is 0 Å². The number of aromatic amines is 2. The summed E-state index contributed by atoms with van der Waals surface area (Å²) in [5.74, 6) is -0.0913. The van der Waals surface area contributed by atoms with Crippen LogP contribution in [-0.4, -0.2) is 61.0 Å².